The van der Waals surface area contributed by atoms with E-state index in [2.05, 4.69) is 0 Å². The second-order valence-electron chi connectivity index (χ2n) is 8.30. The van der Waals surface area contributed by atoms with E-state index in [1.807, 2.05) is 36.1 Å². The number of benzene rings is 2. The van der Waals surface area contributed by atoms with E-state index in [4.69, 9.17) is 9.47 Å². The Bertz CT molecular complexity index is 1110. The summed E-state index contributed by atoms with van der Waals surface area (Å²) in [6.07, 6.45) is 3.76. The second-order valence-corrected chi connectivity index (χ2v) is 10.2. The summed E-state index contributed by atoms with van der Waals surface area (Å²) in [5.74, 6) is 1.37. The van der Waals surface area contributed by atoms with Crippen LogP contribution in [0.25, 0.3) is 0 Å². The first-order chi connectivity index (χ1) is 14.7. The fraction of sp³-hybridized carbons (Fsp3) is 0.435. The highest BCUT2D eigenvalue weighted by Gasteiger charge is 2.36. The van der Waals surface area contributed by atoms with Crippen LogP contribution in [0.4, 0.5) is 5.69 Å². The number of rotatable bonds is 7. The molecule has 0 aromatic heterocycles. The number of nitrogens with zero attached hydrogens (tertiary/aromatic N) is 2. The topological polar surface area (TPSA) is 76.2 Å². The Morgan fingerprint density at radius 3 is 2.48 bits per heavy atom. The molecule has 0 spiro atoms. The molecule has 1 aliphatic carbocycles. The Labute approximate surface area is 183 Å². The molecule has 0 saturated heterocycles. The molecule has 2 aliphatic rings. The van der Waals surface area contributed by atoms with E-state index < -0.39 is 10.0 Å². The minimum atomic E-state index is -3.36. The third kappa shape index (κ3) is 4.21. The second kappa shape index (κ2) is 8.07. The molecule has 1 aliphatic heterocycles. The molecule has 1 unspecified atom stereocenters. The number of anilines is 1. The van der Waals surface area contributed by atoms with Gasteiger partial charge >= 0.3 is 0 Å². The van der Waals surface area contributed by atoms with Crippen LogP contribution < -0.4 is 13.8 Å². The van der Waals surface area contributed by atoms with Gasteiger partial charge in [-0.1, -0.05) is 0 Å². The zero-order valence-corrected chi connectivity index (χ0v) is 19.1. The molecule has 2 aromatic rings. The van der Waals surface area contributed by atoms with Crippen molar-refractivity contribution in [1.29, 1.82) is 0 Å². The van der Waals surface area contributed by atoms with Crippen LogP contribution in [-0.2, 0) is 23.0 Å². The predicted octanol–water partition coefficient (Wildman–Crippen LogP) is 3.22. The summed E-state index contributed by atoms with van der Waals surface area (Å²) in [4.78, 5) is 15.3. The average Bonchev–Trinajstić information content (AvgIpc) is 3.51. The SMILES string of the molecule is COc1ccc(OC)c(CN(C(=O)c2ccc3c(c2)CC(C)N3S(C)(=O)=O)C2CC2)c1. The van der Waals surface area contributed by atoms with Crippen molar-refractivity contribution in [1.82, 2.24) is 4.90 Å². The van der Waals surface area contributed by atoms with Crippen molar-refractivity contribution in [2.24, 2.45) is 0 Å². The quantitative estimate of drug-likeness (QED) is 0.655. The van der Waals surface area contributed by atoms with Crippen molar-refractivity contribution in [3.8, 4) is 11.5 Å². The van der Waals surface area contributed by atoms with Crippen molar-refractivity contribution >= 4 is 21.6 Å². The number of hydrogen-bond donors (Lipinski definition) is 0. The molecular formula is C23H28N2O5S. The standard InChI is InChI=1S/C23H28N2O5S/c1-15-11-17-12-16(5-9-21(17)25(15)31(4,27)28)23(26)24(19-6-7-19)14-18-13-20(29-2)8-10-22(18)30-3/h5,8-10,12-13,15,19H,6-7,11,14H2,1-4H3. The van der Waals surface area contributed by atoms with Crippen LogP contribution in [0.2, 0.25) is 0 Å². The molecule has 0 bridgehead atoms. The van der Waals surface area contributed by atoms with Crippen molar-refractivity contribution in [2.45, 2.75) is 44.8 Å². The summed E-state index contributed by atoms with van der Waals surface area (Å²) in [7, 11) is -0.134. The molecule has 1 heterocycles. The van der Waals surface area contributed by atoms with Gasteiger partial charge in [-0.15, -0.1) is 0 Å². The normalized spacial score (nSPS) is 17.9. The van der Waals surface area contributed by atoms with Crippen LogP contribution in [0.5, 0.6) is 11.5 Å². The van der Waals surface area contributed by atoms with Crippen LogP contribution in [-0.4, -0.2) is 51.8 Å². The predicted molar refractivity (Wildman–Crippen MR) is 119 cm³/mol. The Morgan fingerprint density at radius 1 is 1.13 bits per heavy atom. The van der Waals surface area contributed by atoms with Gasteiger partial charge in [0.15, 0.2) is 0 Å². The fourth-order valence-corrected chi connectivity index (χ4v) is 5.61. The Balaban J connectivity index is 1.63. The molecule has 1 saturated carbocycles. The summed E-state index contributed by atoms with van der Waals surface area (Å²) in [5.41, 5.74) is 3.02. The van der Waals surface area contributed by atoms with Crippen molar-refractivity contribution in [3.63, 3.8) is 0 Å². The lowest BCUT2D eigenvalue weighted by Crippen LogP contribution is -2.34. The summed E-state index contributed by atoms with van der Waals surface area (Å²) < 4.78 is 36.6. The van der Waals surface area contributed by atoms with Crippen LogP contribution >= 0.6 is 0 Å². The summed E-state index contributed by atoms with van der Waals surface area (Å²) in [6, 6.07) is 11.0. The summed E-state index contributed by atoms with van der Waals surface area (Å²) >= 11 is 0. The monoisotopic (exact) mass is 444 g/mol. The van der Waals surface area contributed by atoms with Crippen molar-refractivity contribution in [2.75, 3.05) is 24.8 Å². The van der Waals surface area contributed by atoms with Crippen LogP contribution in [0, 0.1) is 0 Å². The summed E-state index contributed by atoms with van der Waals surface area (Å²) in [6.45, 7) is 2.31. The molecule has 0 radical (unpaired) electrons. The van der Waals surface area contributed by atoms with Crippen molar-refractivity contribution < 1.29 is 22.7 Å². The molecule has 8 heteroatoms. The van der Waals surface area contributed by atoms with E-state index in [9.17, 15) is 13.2 Å². The van der Waals surface area contributed by atoms with Gasteiger partial charge in [-0.2, -0.15) is 0 Å². The van der Waals surface area contributed by atoms with Gasteiger partial charge in [0, 0.05) is 23.2 Å². The van der Waals surface area contributed by atoms with E-state index in [1.165, 1.54) is 10.6 Å². The number of hydrogen-bond acceptors (Lipinski definition) is 5. The largest absolute Gasteiger partial charge is 0.497 e. The average molecular weight is 445 g/mol. The highest BCUT2D eigenvalue weighted by molar-refractivity contribution is 7.92. The highest BCUT2D eigenvalue weighted by Crippen LogP contribution is 2.37. The van der Waals surface area contributed by atoms with E-state index in [0.717, 1.165) is 24.0 Å². The number of carbonyl (C=O) groups is 1. The zero-order valence-electron chi connectivity index (χ0n) is 18.3. The van der Waals surface area contributed by atoms with Gasteiger partial charge in [0.05, 0.1) is 32.7 Å². The van der Waals surface area contributed by atoms with Gasteiger partial charge in [-0.3, -0.25) is 9.10 Å². The van der Waals surface area contributed by atoms with Crippen LogP contribution in [0.15, 0.2) is 36.4 Å². The molecule has 1 atom stereocenters. The first kappa shape index (κ1) is 21.5. The molecule has 1 fully saturated rings. The number of amides is 1. The maximum absolute atomic E-state index is 13.5. The zero-order chi connectivity index (χ0) is 22.3. The minimum absolute atomic E-state index is 0.0550. The number of fused-ring (bicyclic) bond motifs is 1. The lowest BCUT2D eigenvalue weighted by molar-refractivity contribution is 0.0728. The lowest BCUT2D eigenvalue weighted by atomic mass is 10.1. The van der Waals surface area contributed by atoms with E-state index >= 15 is 0 Å². The molecule has 31 heavy (non-hydrogen) atoms. The molecular weight excluding hydrogens is 416 g/mol. The van der Waals surface area contributed by atoms with Crippen molar-refractivity contribution in [3.05, 3.63) is 53.1 Å². The van der Waals surface area contributed by atoms with Gasteiger partial charge in [0.25, 0.3) is 5.91 Å². The Kier molecular flexibility index (Phi) is 5.60. The van der Waals surface area contributed by atoms with E-state index in [0.29, 0.717) is 35.7 Å². The van der Waals surface area contributed by atoms with Gasteiger partial charge < -0.3 is 14.4 Å². The number of ether oxygens (including phenoxy) is 2. The molecule has 2 aromatic carbocycles. The molecule has 7 nitrogen and oxygen atoms in total. The Hall–Kier alpha value is -2.74. The number of sulfonamides is 1. The van der Waals surface area contributed by atoms with Crippen LogP contribution in [0.1, 0.15) is 41.3 Å². The van der Waals surface area contributed by atoms with Gasteiger partial charge in [0.2, 0.25) is 10.0 Å². The first-order valence-corrected chi connectivity index (χ1v) is 12.2. The third-order valence-electron chi connectivity index (χ3n) is 5.91. The van der Waals surface area contributed by atoms with Gasteiger partial charge in [-0.05, 0) is 68.1 Å². The highest BCUT2D eigenvalue weighted by atomic mass is 32.2. The van der Waals surface area contributed by atoms with Gasteiger partial charge in [0.1, 0.15) is 11.5 Å². The Morgan fingerprint density at radius 2 is 1.87 bits per heavy atom. The fourth-order valence-electron chi connectivity index (χ4n) is 4.35. The smallest absolute Gasteiger partial charge is 0.254 e. The first-order valence-electron chi connectivity index (χ1n) is 10.4. The molecule has 4 rings (SSSR count). The molecule has 0 N–H and O–H groups in total. The third-order valence-corrected chi connectivity index (χ3v) is 7.18. The van der Waals surface area contributed by atoms with E-state index in [-0.39, 0.29) is 18.0 Å². The maximum Gasteiger partial charge on any atom is 0.254 e. The minimum Gasteiger partial charge on any atom is -0.497 e. The maximum atomic E-state index is 13.5. The number of carbonyl (C=O) groups excluding carboxylic acids is 1. The van der Waals surface area contributed by atoms with Gasteiger partial charge in [-0.25, -0.2) is 8.42 Å². The van der Waals surface area contributed by atoms with Crippen LogP contribution in [0.3, 0.4) is 0 Å². The molecule has 1 amide bonds. The number of methoxy groups -OCH3 is 2. The van der Waals surface area contributed by atoms with E-state index in [1.54, 1.807) is 26.4 Å². The molecule has 166 valence electrons. The summed E-state index contributed by atoms with van der Waals surface area (Å²) in [5, 5.41) is 0. The lowest BCUT2D eigenvalue weighted by Gasteiger charge is -2.25.